The fraction of sp³-hybridized carbons (Fsp3) is 0.250. The Labute approximate surface area is 169 Å². The molecule has 0 heterocycles. The highest BCUT2D eigenvalue weighted by atomic mass is 79.9. The molecule has 10 heteroatoms. The van der Waals surface area contributed by atoms with Crippen molar-refractivity contribution in [1.82, 2.24) is 4.72 Å². The molecule has 1 saturated carbocycles. The summed E-state index contributed by atoms with van der Waals surface area (Å²) < 4.78 is 33.9. The highest BCUT2D eigenvalue weighted by Gasteiger charge is 2.31. The molecule has 0 amide bonds. The molecule has 0 saturated heterocycles. The van der Waals surface area contributed by atoms with E-state index < -0.39 is 10.0 Å². The Balaban J connectivity index is 1.88. The quantitative estimate of drug-likeness (QED) is 0.598. The summed E-state index contributed by atoms with van der Waals surface area (Å²) >= 11 is 15.5. The second-order valence-electron chi connectivity index (χ2n) is 5.98. The minimum atomic E-state index is -3.93. The van der Waals surface area contributed by atoms with Gasteiger partial charge in [0.1, 0.15) is 16.4 Å². The van der Waals surface area contributed by atoms with Gasteiger partial charge in [-0.25, -0.2) is 13.1 Å². The molecule has 0 aliphatic heterocycles. The monoisotopic (exact) mass is 480 g/mol. The second-order valence-corrected chi connectivity index (χ2v) is 9.39. The smallest absolute Gasteiger partial charge is 0.244 e. The normalized spacial score (nSPS) is 19.8. The largest absolute Gasteiger partial charge is 0.507 e. The zero-order valence-electron chi connectivity index (χ0n) is 13.2. The Morgan fingerprint density at radius 2 is 1.81 bits per heavy atom. The van der Waals surface area contributed by atoms with Crippen LogP contribution in [0.15, 0.2) is 39.7 Å². The molecule has 0 atom stereocenters. The third-order valence-corrected chi connectivity index (χ3v) is 6.47. The fourth-order valence-corrected chi connectivity index (χ4v) is 5.22. The Morgan fingerprint density at radius 1 is 1.19 bits per heavy atom. The van der Waals surface area contributed by atoms with E-state index in [1.165, 1.54) is 18.2 Å². The van der Waals surface area contributed by atoms with Crippen LogP contribution in [0.4, 0.5) is 0 Å². The summed E-state index contributed by atoms with van der Waals surface area (Å²) in [5.74, 6) is -0.0374. The first-order valence-electron chi connectivity index (χ1n) is 7.59. The number of benzene rings is 2. The van der Waals surface area contributed by atoms with Crippen molar-refractivity contribution in [3.63, 3.8) is 0 Å². The first-order chi connectivity index (χ1) is 12.2. The Morgan fingerprint density at radius 3 is 2.38 bits per heavy atom. The molecule has 0 spiro atoms. The van der Waals surface area contributed by atoms with Crippen LogP contribution in [0, 0.1) is 0 Å². The summed E-state index contributed by atoms with van der Waals surface area (Å²) in [5, 5.41) is 10.5. The molecular weight excluding hydrogens is 467 g/mol. The van der Waals surface area contributed by atoms with Crippen molar-refractivity contribution < 1.29 is 18.3 Å². The summed E-state index contributed by atoms with van der Waals surface area (Å²) in [7, 11) is -3.93. The van der Waals surface area contributed by atoms with Crippen LogP contribution in [0.1, 0.15) is 12.8 Å². The maximum atomic E-state index is 12.5. The van der Waals surface area contributed by atoms with Crippen LogP contribution in [0.5, 0.6) is 17.2 Å². The van der Waals surface area contributed by atoms with E-state index in [0.717, 1.165) is 0 Å². The van der Waals surface area contributed by atoms with Crippen LogP contribution < -0.4 is 15.2 Å². The number of halogens is 3. The van der Waals surface area contributed by atoms with Crippen LogP contribution in [0.2, 0.25) is 10.0 Å². The third-order valence-electron chi connectivity index (χ3n) is 3.90. The number of hydrogen-bond acceptors (Lipinski definition) is 5. The number of nitrogens with one attached hydrogen (secondary N) is 1. The van der Waals surface area contributed by atoms with E-state index in [0.29, 0.717) is 17.3 Å². The SMILES string of the molecule is NC1CC(NS(=O)(=O)c2cc(Oc3c(Cl)cc(Br)cc3Cl)ccc2O)C1. The van der Waals surface area contributed by atoms with E-state index in [1.54, 1.807) is 12.1 Å². The van der Waals surface area contributed by atoms with E-state index in [-0.39, 0.29) is 44.3 Å². The van der Waals surface area contributed by atoms with Gasteiger partial charge in [-0.3, -0.25) is 0 Å². The summed E-state index contributed by atoms with van der Waals surface area (Å²) in [4.78, 5) is -0.292. The maximum Gasteiger partial charge on any atom is 0.244 e. The molecule has 3 rings (SSSR count). The van der Waals surface area contributed by atoms with Crippen molar-refractivity contribution in [2.75, 3.05) is 0 Å². The minimum absolute atomic E-state index is 0.00680. The van der Waals surface area contributed by atoms with Crippen molar-refractivity contribution in [3.8, 4) is 17.2 Å². The summed E-state index contributed by atoms with van der Waals surface area (Å²) in [5.41, 5.74) is 5.67. The molecule has 4 N–H and O–H groups in total. The number of nitrogens with two attached hydrogens (primary N) is 1. The van der Waals surface area contributed by atoms with Crippen LogP contribution in [0.25, 0.3) is 0 Å². The molecule has 0 aromatic heterocycles. The average Bonchev–Trinajstić information content (AvgIpc) is 2.50. The zero-order valence-corrected chi connectivity index (χ0v) is 17.2. The van der Waals surface area contributed by atoms with Crippen molar-refractivity contribution in [1.29, 1.82) is 0 Å². The topological polar surface area (TPSA) is 102 Å². The molecule has 0 unspecified atom stereocenters. The van der Waals surface area contributed by atoms with Gasteiger partial charge < -0.3 is 15.6 Å². The van der Waals surface area contributed by atoms with E-state index >= 15 is 0 Å². The van der Waals surface area contributed by atoms with Gasteiger partial charge in [0, 0.05) is 22.6 Å². The van der Waals surface area contributed by atoms with Gasteiger partial charge in [-0.15, -0.1) is 0 Å². The van der Waals surface area contributed by atoms with Crippen LogP contribution in [0.3, 0.4) is 0 Å². The number of sulfonamides is 1. The van der Waals surface area contributed by atoms with E-state index in [1.807, 2.05) is 0 Å². The van der Waals surface area contributed by atoms with Gasteiger partial charge in [0.05, 0.1) is 10.0 Å². The predicted molar refractivity (Wildman–Crippen MR) is 104 cm³/mol. The van der Waals surface area contributed by atoms with Crippen molar-refractivity contribution >= 4 is 49.2 Å². The number of aromatic hydroxyl groups is 1. The highest BCUT2D eigenvalue weighted by molar-refractivity contribution is 9.10. The summed E-state index contributed by atoms with van der Waals surface area (Å²) in [6.07, 6.45) is 1.11. The van der Waals surface area contributed by atoms with Crippen LogP contribution in [-0.4, -0.2) is 25.6 Å². The molecule has 2 aromatic carbocycles. The third kappa shape index (κ3) is 4.27. The summed E-state index contributed by atoms with van der Waals surface area (Å²) in [6.45, 7) is 0. The van der Waals surface area contributed by atoms with Crippen molar-refractivity contribution in [2.24, 2.45) is 5.73 Å². The first-order valence-corrected chi connectivity index (χ1v) is 10.6. The van der Waals surface area contributed by atoms with E-state index in [9.17, 15) is 13.5 Å². The maximum absolute atomic E-state index is 12.5. The lowest BCUT2D eigenvalue weighted by atomic mass is 9.89. The van der Waals surface area contributed by atoms with Gasteiger partial charge in [0.2, 0.25) is 10.0 Å². The van der Waals surface area contributed by atoms with Gasteiger partial charge in [-0.2, -0.15) is 0 Å². The van der Waals surface area contributed by atoms with E-state index in [4.69, 9.17) is 33.7 Å². The molecule has 26 heavy (non-hydrogen) atoms. The molecule has 6 nitrogen and oxygen atoms in total. The standard InChI is InChI=1S/C16H15BrCl2N2O4S/c17-8-3-12(18)16(13(19)4-8)25-11-1-2-14(22)15(7-11)26(23,24)21-10-5-9(20)6-10/h1-4,7,9-10,21-22H,5-6,20H2. The Bertz CT molecular complexity index is 926. The number of ether oxygens (including phenoxy) is 1. The van der Waals surface area contributed by atoms with Gasteiger partial charge >= 0.3 is 0 Å². The molecule has 1 aliphatic carbocycles. The first kappa shape index (κ1) is 19.7. The lowest BCUT2D eigenvalue weighted by molar-refractivity contribution is 0.326. The predicted octanol–water partition coefficient (Wildman–Crippen LogP) is 4.02. The number of phenolic OH excluding ortho intramolecular Hbond substituents is 1. The summed E-state index contributed by atoms with van der Waals surface area (Å²) in [6, 6.07) is 6.82. The van der Waals surface area contributed by atoms with Gasteiger partial charge in [0.15, 0.2) is 5.75 Å². The number of phenols is 1. The Hall–Kier alpha value is -1.03. The van der Waals surface area contributed by atoms with Gasteiger partial charge in [-0.05, 0) is 37.1 Å². The lowest BCUT2D eigenvalue weighted by Crippen LogP contribution is -2.50. The second kappa shape index (κ2) is 7.53. The van der Waals surface area contributed by atoms with Crippen LogP contribution >= 0.6 is 39.1 Å². The fourth-order valence-electron chi connectivity index (χ4n) is 2.56. The van der Waals surface area contributed by atoms with Crippen molar-refractivity contribution in [2.45, 2.75) is 29.8 Å². The number of rotatable bonds is 5. The minimum Gasteiger partial charge on any atom is -0.507 e. The molecule has 2 aromatic rings. The highest BCUT2D eigenvalue weighted by Crippen LogP contribution is 2.40. The molecule has 140 valence electrons. The average molecular weight is 482 g/mol. The van der Waals surface area contributed by atoms with Gasteiger partial charge in [-0.1, -0.05) is 39.1 Å². The molecule has 0 radical (unpaired) electrons. The van der Waals surface area contributed by atoms with Gasteiger partial charge in [0.25, 0.3) is 0 Å². The lowest BCUT2D eigenvalue weighted by Gasteiger charge is -2.32. The molecular formula is C16H15BrCl2N2O4S. The zero-order chi connectivity index (χ0) is 19.1. The molecule has 0 bridgehead atoms. The van der Waals surface area contributed by atoms with Crippen LogP contribution in [-0.2, 0) is 10.0 Å². The molecule has 1 aliphatic rings. The van der Waals surface area contributed by atoms with E-state index in [2.05, 4.69) is 20.7 Å². The van der Waals surface area contributed by atoms with Crippen molar-refractivity contribution in [3.05, 3.63) is 44.8 Å². The molecule has 1 fully saturated rings. The number of hydrogen-bond donors (Lipinski definition) is 3. The Kier molecular flexibility index (Phi) is 5.72.